The molecule has 0 saturated heterocycles. The Hall–Kier alpha value is -3.66. The van der Waals surface area contributed by atoms with Crippen LogP contribution < -0.4 is 9.80 Å². The number of fused-ring (bicyclic) bond motifs is 2. The van der Waals surface area contributed by atoms with E-state index in [9.17, 15) is 0 Å². The van der Waals surface area contributed by atoms with E-state index in [1.165, 1.54) is 11.1 Å². The molecular formula is C24H20N4. The van der Waals surface area contributed by atoms with Crippen LogP contribution in [0, 0.1) is 0 Å². The van der Waals surface area contributed by atoms with E-state index in [2.05, 4.69) is 70.5 Å². The Morgan fingerprint density at radius 1 is 0.500 bits per heavy atom. The fraction of sp³-hybridized carbons (Fsp3) is 0.0833. The van der Waals surface area contributed by atoms with E-state index in [-0.39, 0.29) is 0 Å². The molecule has 0 aliphatic carbocycles. The number of anilines is 4. The molecule has 0 saturated carbocycles. The molecule has 1 aliphatic rings. The van der Waals surface area contributed by atoms with Gasteiger partial charge in [-0.1, -0.05) is 60.7 Å². The van der Waals surface area contributed by atoms with Gasteiger partial charge in [-0.3, -0.25) is 0 Å². The highest BCUT2D eigenvalue weighted by molar-refractivity contribution is 5.89. The largest absolute Gasteiger partial charge is 0.317 e. The van der Waals surface area contributed by atoms with Gasteiger partial charge in [0.05, 0.1) is 11.4 Å². The van der Waals surface area contributed by atoms with Gasteiger partial charge in [0.2, 0.25) is 0 Å². The van der Waals surface area contributed by atoms with Crippen LogP contribution in [0.3, 0.4) is 0 Å². The van der Waals surface area contributed by atoms with Gasteiger partial charge in [0, 0.05) is 25.5 Å². The molecule has 0 fully saturated rings. The van der Waals surface area contributed by atoms with Crippen molar-refractivity contribution in [3.8, 4) is 0 Å². The van der Waals surface area contributed by atoms with Crippen LogP contribution in [0.4, 0.5) is 23.0 Å². The number of pyridine rings is 2. The Morgan fingerprint density at radius 2 is 0.929 bits per heavy atom. The van der Waals surface area contributed by atoms with Crippen LogP contribution in [0.15, 0.2) is 97.3 Å². The van der Waals surface area contributed by atoms with Crippen LogP contribution in [0.5, 0.6) is 0 Å². The summed E-state index contributed by atoms with van der Waals surface area (Å²) in [5.41, 5.74) is 4.64. The first-order valence-electron chi connectivity index (χ1n) is 9.43. The monoisotopic (exact) mass is 364 g/mol. The molecule has 4 aromatic rings. The van der Waals surface area contributed by atoms with Gasteiger partial charge in [0.1, 0.15) is 0 Å². The van der Waals surface area contributed by atoms with Crippen molar-refractivity contribution in [1.29, 1.82) is 0 Å². The third-order valence-corrected chi connectivity index (χ3v) is 4.99. The van der Waals surface area contributed by atoms with Crippen LogP contribution in [0.2, 0.25) is 0 Å². The van der Waals surface area contributed by atoms with Crippen molar-refractivity contribution in [2.24, 2.45) is 0 Å². The summed E-state index contributed by atoms with van der Waals surface area (Å²) in [6.45, 7) is 1.51. The molecule has 4 nitrogen and oxygen atoms in total. The van der Waals surface area contributed by atoms with Crippen molar-refractivity contribution in [3.05, 3.63) is 108 Å². The maximum absolute atomic E-state index is 4.74. The first-order chi connectivity index (χ1) is 13.9. The Balaban J connectivity index is 1.62. The fourth-order valence-electron chi connectivity index (χ4n) is 3.69. The summed E-state index contributed by atoms with van der Waals surface area (Å²) < 4.78 is 0. The third kappa shape index (κ3) is 2.99. The lowest BCUT2D eigenvalue weighted by Crippen LogP contribution is -2.30. The van der Waals surface area contributed by atoms with Crippen molar-refractivity contribution in [2.75, 3.05) is 9.80 Å². The second-order valence-electron chi connectivity index (χ2n) is 6.84. The molecule has 0 unspecified atom stereocenters. The molecule has 0 N–H and O–H groups in total. The molecule has 0 spiro atoms. The molecule has 0 bridgehead atoms. The van der Waals surface area contributed by atoms with Gasteiger partial charge in [-0.05, 0) is 35.4 Å². The number of hydrogen-bond donors (Lipinski definition) is 0. The van der Waals surface area contributed by atoms with Gasteiger partial charge in [0.15, 0.2) is 11.6 Å². The quantitative estimate of drug-likeness (QED) is 0.481. The summed E-state index contributed by atoms with van der Waals surface area (Å²) >= 11 is 0. The third-order valence-electron chi connectivity index (χ3n) is 4.99. The molecular weight excluding hydrogens is 344 g/mol. The van der Waals surface area contributed by atoms with Crippen molar-refractivity contribution < 1.29 is 0 Å². The van der Waals surface area contributed by atoms with Crippen LogP contribution in [0.25, 0.3) is 0 Å². The zero-order valence-corrected chi connectivity index (χ0v) is 15.4. The van der Waals surface area contributed by atoms with Gasteiger partial charge < -0.3 is 9.80 Å². The fourth-order valence-corrected chi connectivity index (χ4v) is 3.69. The molecule has 1 aliphatic heterocycles. The first kappa shape index (κ1) is 16.5. The number of benzene rings is 2. The van der Waals surface area contributed by atoms with Gasteiger partial charge in [-0.25, -0.2) is 9.97 Å². The summed E-state index contributed by atoms with van der Waals surface area (Å²) in [4.78, 5) is 14.0. The molecule has 28 heavy (non-hydrogen) atoms. The smallest absolute Gasteiger partial charge is 0.157 e. The van der Waals surface area contributed by atoms with E-state index in [1.807, 2.05) is 36.7 Å². The maximum atomic E-state index is 4.74. The lowest BCUT2D eigenvalue weighted by atomic mass is 10.1. The Bertz CT molecular complexity index is 945. The normalized spacial score (nSPS) is 12.4. The average molecular weight is 364 g/mol. The number of aromatic nitrogens is 2. The van der Waals surface area contributed by atoms with E-state index >= 15 is 0 Å². The minimum Gasteiger partial charge on any atom is -0.317 e. The van der Waals surface area contributed by atoms with Crippen LogP contribution in [-0.4, -0.2) is 9.97 Å². The van der Waals surface area contributed by atoms with Gasteiger partial charge in [-0.15, -0.1) is 0 Å². The molecule has 0 radical (unpaired) electrons. The summed E-state index contributed by atoms with van der Waals surface area (Å²) in [6, 6.07) is 29.2. The standard InChI is InChI=1S/C24H20N4/c1-3-9-19(10-4-1)17-27-21-13-7-16-26-24(21)28(18-20-11-5-2-6-12-20)22-14-8-15-25-23(22)27/h1-16H,17-18H2. The predicted octanol–water partition coefficient (Wildman–Crippen LogP) is 5.47. The lowest BCUT2D eigenvalue weighted by Gasteiger charge is -2.38. The molecule has 136 valence electrons. The van der Waals surface area contributed by atoms with Crippen molar-refractivity contribution in [3.63, 3.8) is 0 Å². The molecule has 2 aromatic heterocycles. The first-order valence-corrected chi connectivity index (χ1v) is 9.43. The average Bonchev–Trinajstić information content (AvgIpc) is 2.77. The summed E-state index contributed by atoms with van der Waals surface area (Å²) in [5, 5.41) is 0. The van der Waals surface area contributed by atoms with Crippen LogP contribution in [0.1, 0.15) is 11.1 Å². The van der Waals surface area contributed by atoms with E-state index in [1.54, 1.807) is 0 Å². The van der Waals surface area contributed by atoms with E-state index in [4.69, 9.17) is 9.97 Å². The van der Waals surface area contributed by atoms with E-state index < -0.39 is 0 Å². The van der Waals surface area contributed by atoms with Gasteiger partial charge >= 0.3 is 0 Å². The number of nitrogens with zero attached hydrogens (tertiary/aromatic N) is 4. The van der Waals surface area contributed by atoms with Crippen molar-refractivity contribution in [2.45, 2.75) is 13.1 Å². The van der Waals surface area contributed by atoms with Crippen LogP contribution in [-0.2, 0) is 13.1 Å². The molecule has 0 atom stereocenters. The van der Waals surface area contributed by atoms with E-state index in [0.29, 0.717) is 0 Å². The molecule has 0 amide bonds. The number of hydrogen-bond acceptors (Lipinski definition) is 4. The highest BCUT2D eigenvalue weighted by Crippen LogP contribution is 2.46. The molecule has 5 rings (SSSR count). The minimum absolute atomic E-state index is 0.753. The zero-order chi connectivity index (χ0) is 18.8. The Kier molecular flexibility index (Phi) is 4.22. The molecule has 4 heteroatoms. The minimum atomic E-state index is 0.753. The second kappa shape index (κ2) is 7.16. The summed E-state index contributed by atoms with van der Waals surface area (Å²) in [6.07, 6.45) is 3.72. The highest BCUT2D eigenvalue weighted by atomic mass is 15.3. The Morgan fingerprint density at radius 3 is 1.36 bits per heavy atom. The van der Waals surface area contributed by atoms with Crippen LogP contribution >= 0.6 is 0 Å². The second-order valence-corrected chi connectivity index (χ2v) is 6.84. The molecule has 3 heterocycles. The summed E-state index contributed by atoms with van der Waals surface area (Å²) in [5.74, 6) is 1.92. The van der Waals surface area contributed by atoms with Gasteiger partial charge in [-0.2, -0.15) is 0 Å². The Labute approximate surface area is 164 Å². The number of rotatable bonds is 4. The topological polar surface area (TPSA) is 32.3 Å². The zero-order valence-electron chi connectivity index (χ0n) is 15.4. The van der Waals surface area contributed by atoms with Crippen molar-refractivity contribution >= 4 is 23.0 Å². The van der Waals surface area contributed by atoms with Crippen molar-refractivity contribution in [1.82, 2.24) is 9.97 Å². The maximum Gasteiger partial charge on any atom is 0.157 e. The van der Waals surface area contributed by atoms with Gasteiger partial charge in [0.25, 0.3) is 0 Å². The predicted molar refractivity (Wildman–Crippen MR) is 113 cm³/mol. The lowest BCUT2D eigenvalue weighted by molar-refractivity contribution is 0.866. The SMILES string of the molecule is c1ccc(CN2c3cccnc3N(Cc3ccccc3)c3cccnc32)cc1. The van der Waals surface area contributed by atoms with E-state index in [0.717, 1.165) is 36.1 Å². The highest BCUT2D eigenvalue weighted by Gasteiger charge is 2.30. The summed E-state index contributed by atoms with van der Waals surface area (Å²) in [7, 11) is 0. The molecule has 2 aromatic carbocycles.